The minimum atomic E-state index is -0.726. The Morgan fingerprint density at radius 2 is 1.88 bits per heavy atom. The quantitative estimate of drug-likeness (QED) is 0.588. The second-order valence-electron chi connectivity index (χ2n) is 4.95. The molecule has 10 heteroatoms. The lowest BCUT2D eigenvalue weighted by molar-refractivity contribution is 0.0813. The summed E-state index contributed by atoms with van der Waals surface area (Å²) in [6.07, 6.45) is 6.89. The van der Waals surface area contributed by atoms with E-state index >= 15 is 0 Å². The summed E-state index contributed by atoms with van der Waals surface area (Å²) in [5.74, 6) is -2.00. The van der Waals surface area contributed by atoms with Gasteiger partial charge in [-0.2, -0.15) is 5.10 Å². The fraction of sp³-hybridized carbons (Fsp3) is 0.0667. The number of nitrogens with one attached hydrogen (secondary N) is 3. The molecule has 3 rings (SSSR count). The Morgan fingerprint density at radius 3 is 2.52 bits per heavy atom. The molecule has 25 heavy (non-hydrogen) atoms. The summed E-state index contributed by atoms with van der Waals surface area (Å²) in [6.45, 7) is -0.275. The van der Waals surface area contributed by atoms with Gasteiger partial charge in [-0.3, -0.25) is 20.7 Å². The van der Waals surface area contributed by atoms with Crippen LogP contribution in [0.5, 0.6) is 0 Å². The Hall–Kier alpha value is -3.40. The van der Waals surface area contributed by atoms with Crippen LogP contribution in [0, 0.1) is 11.6 Å². The fourth-order valence-corrected chi connectivity index (χ4v) is 2.02. The number of H-pyrrole nitrogens is 1. The lowest BCUT2D eigenvalue weighted by Gasteiger charge is -2.24. The van der Waals surface area contributed by atoms with Crippen LogP contribution in [0.4, 0.5) is 14.5 Å². The largest absolute Gasteiger partial charge is 0.298 e. The van der Waals surface area contributed by atoms with E-state index in [1.54, 1.807) is 0 Å². The molecule has 0 spiro atoms. The van der Waals surface area contributed by atoms with Crippen LogP contribution in [0.25, 0.3) is 0 Å². The average molecular weight is 345 g/mol. The Bertz CT molecular complexity index is 822. The molecule has 1 amide bonds. The molecule has 3 aromatic rings. The molecule has 2 aromatic heterocycles. The van der Waals surface area contributed by atoms with Crippen molar-refractivity contribution in [1.29, 1.82) is 0 Å². The summed E-state index contributed by atoms with van der Waals surface area (Å²) in [7, 11) is 0. The van der Waals surface area contributed by atoms with Crippen molar-refractivity contribution in [3.8, 4) is 0 Å². The maximum Gasteiger partial charge on any atom is 0.270 e. The van der Waals surface area contributed by atoms with Crippen molar-refractivity contribution in [3.05, 3.63) is 72.1 Å². The number of hydrogen-bond acceptors (Lipinski definition) is 6. The van der Waals surface area contributed by atoms with Crippen molar-refractivity contribution in [2.75, 3.05) is 5.43 Å². The molecule has 0 saturated carbocycles. The van der Waals surface area contributed by atoms with Crippen LogP contribution in [-0.2, 0) is 6.54 Å². The Balaban J connectivity index is 1.81. The first-order valence-electron chi connectivity index (χ1n) is 7.15. The van der Waals surface area contributed by atoms with Crippen molar-refractivity contribution in [1.82, 2.24) is 30.7 Å². The topological polar surface area (TPSA) is 98.8 Å². The molecule has 0 aliphatic heterocycles. The van der Waals surface area contributed by atoms with Crippen molar-refractivity contribution >= 4 is 11.6 Å². The Morgan fingerprint density at radius 1 is 1.16 bits per heavy atom. The maximum absolute atomic E-state index is 13.9. The Labute approximate surface area is 140 Å². The van der Waals surface area contributed by atoms with Crippen LogP contribution in [-0.4, -0.2) is 31.2 Å². The number of benzene rings is 1. The number of aromatic amines is 1. The van der Waals surface area contributed by atoms with Gasteiger partial charge >= 0.3 is 0 Å². The summed E-state index contributed by atoms with van der Waals surface area (Å²) in [5, 5.41) is 7.49. The minimum Gasteiger partial charge on any atom is -0.298 e. The number of hydrazine groups is 2. The van der Waals surface area contributed by atoms with Gasteiger partial charge in [-0.05, 0) is 12.1 Å². The molecular weight excluding hydrogens is 332 g/mol. The van der Waals surface area contributed by atoms with Crippen molar-refractivity contribution in [3.63, 3.8) is 0 Å². The second kappa shape index (κ2) is 7.45. The van der Waals surface area contributed by atoms with Crippen LogP contribution in [0.2, 0.25) is 0 Å². The molecule has 0 aliphatic rings. The third-order valence-corrected chi connectivity index (χ3v) is 3.20. The van der Waals surface area contributed by atoms with Crippen LogP contribution < -0.4 is 10.9 Å². The zero-order chi connectivity index (χ0) is 17.6. The van der Waals surface area contributed by atoms with E-state index < -0.39 is 17.5 Å². The molecule has 0 atom stereocenters. The van der Waals surface area contributed by atoms with E-state index in [9.17, 15) is 13.6 Å². The minimum absolute atomic E-state index is 0.190. The van der Waals surface area contributed by atoms with Gasteiger partial charge < -0.3 is 0 Å². The monoisotopic (exact) mass is 345 g/mol. The SMILES string of the molecule is O=C(NN(Cc1c(F)cccc1F)Nc1cn[nH]c1)c1cncnc1. The summed E-state index contributed by atoms with van der Waals surface area (Å²) in [6, 6.07) is 3.55. The van der Waals surface area contributed by atoms with E-state index in [-0.39, 0.29) is 17.7 Å². The first-order chi connectivity index (χ1) is 12.1. The third-order valence-electron chi connectivity index (χ3n) is 3.20. The predicted molar refractivity (Wildman–Crippen MR) is 83.6 cm³/mol. The van der Waals surface area contributed by atoms with Crippen LogP contribution in [0.1, 0.15) is 15.9 Å². The standard InChI is InChI=1S/C15H13F2N7O/c16-13-2-1-3-14(17)12(13)8-24(22-11-6-20-21-7-11)23-15(25)10-4-18-9-19-5-10/h1-7,9,22H,8H2,(H,20,21)(H,23,25). The van der Waals surface area contributed by atoms with Crippen LogP contribution >= 0.6 is 0 Å². The molecule has 0 fully saturated rings. The highest BCUT2D eigenvalue weighted by atomic mass is 19.1. The molecule has 8 nitrogen and oxygen atoms in total. The maximum atomic E-state index is 13.9. The van der Waals surface area contributed by atoms with E-state index in [1.165, 1.54) is 37.2 Å². The van der Waals surface area contributed by atoms with Crippen molar-refractivity contribution in [2.45, 2.75) is 6.54 Å². The molecule has 0 bridgehead atoms. The first-order valence-corrected chi connectivity index (χ1v) is 7.15. The van der Waals surface area contributed by atoms with Crippen LogP contribution in [0.3, 0.4) is 0 Å². The molecule has 128 valence electrons. The van der Waals surface area contributed by atoms with E-state index in [0.29, 0.717) is 5.69 Å². The van der Waals surface area contributed by atoms with E-state index in [2.05, 4.69) is 31.0 Å². The zero-order valence-corrected chi connectivity index (χ0v) is 12.8. The normalized spacial score (nSPS) is 10.7. The number of rotatable bonds is 6. The Kier molecular flexibility index (Phi) is 4.90. The van der Waals surface area contributed by atoms with Gasteiger partial charge in [0.15, 0.2) is 0 Å². The average Bonchev–Trinajstić information content (AvgIpc) is 3.12. The van der Waals surface area contributed by atoms with Crippen molar-refractivity contribution < 1.29 is 13.6 Å². The van der Waals surface area contributed by atoms with Gasteiger partial charge in [0.1, 0.15) is 18.0 Å². The summed E-state index contributed by atoms with van der Waals surface area (Å²) in [5.41, 5.74) is 5.77. The van der Waals surface area contributed by atoms with Gasteiger partial charge in [0.2, 0.25) is 0 Å². The number of nitrogens with zero attached hydrogens (tertiary/aromatic N) is 4. The van der Waals surface area contributed by atoms with Gasteiger partial charge in [-0.25, -0.2) is 18.7 Å². The molecule has 0 unspecified atom stereocenters. The molecular formula is C15H13F2N7O. The predicted octanol–water partition coefficient (Wildman–Crippen LogP) is 1.65. The van der Waals surface area contributed by atoms with Crippen molar-refractivity contribution in [2.24, 2.45) is 0 Å². The van der Waals surface area contributed by atoms with Crippen LogP contribution in [0.15, 0.2) is 49.3 Å². The molecule has 0 radical (unpaired) electrons. The lowest BCUT2D eigenvalue weighted by atomic mass is 10.2. The third kappa shape index (κ3) is 4.12. The second-order valence-corrected chi connectivity index (χ2v) is 4.95. The van der Waals surface area contributed by atoms with E-state index in [4.69, 9.17) is 0 Å². The highest BCUT2D eigenvalue weighted by Gasteiger charge is 2.17. The molecule has 1 aromatic carbocycles. The van der Waals surface area contributed by atoms with E-state index in [1.807, 2.05) is 0 Å². The summed E-state index contributed by atoms with van der Waals surface area (Å²) < 4.78 is 27.8. The summed E-state index contributed by atoms with van der Waals surface area (Å²) in [4.78, 5) is 19.8. The highest BCUT2D eigenvalue weighted by Crippen LogP contribution is 2.15. The zero-order valence-electron chi connectivity index (χ0n) is 12.8. The van der Waals surface area contributed by atoms with Gasteiger partial charge in [0, 0.05) is 24.2 Å². The van der Waals surface area contributed by atoms with Gasteiger partial charge in [0.05, 0.1) is 24.0 Å². The number of anilines is 1. The number of halogens is 2. The van der Waals surface area contributed by atoms with E-state index in [0.717, 1.165) is 17.3 Å². The lowest BCUT2D eigenvalue weighted by Crippen LogP contribution is -2.45. The number of aromatic nitrogens is 4. The number of carbonyl (C=O) groups excluding carboxylic acids is 1. The van der Waals surface area contributed by atoms with Gasteiger partial charge in [-0.1, -0.05) is 6.07 Å². The fourth-order valence-electron chi connectivity index (χ4n) is 2.02. The summed E-state index contributed by atoms with van der Waals surface area (Å²) >= 11 is 0. The molecule has 3 N–H and O–H groups in total. The number of amides is 1. The molecule has 2 heterocycles. The molecule has 0 saturated heterocycles. The first kappa shape index (κ1) is 16.5. The smallest absolute Gasteiger partial charge is 0.270 e. The van der Waals surface area contributed by atoms with Gasteiger partial charge in [-0.15, -0.1) is 5.12 Å². The number of carbonyl (C=O) groups is 1. The molecule has 0 aliphatic carbocycles. The highest BCUT2D eigenvalue weighted by molar-refractivity contribution is 5.93. The van der Waals surface area contributed by atoms with Gasteiger partial charge in [0.25, 0.3) is 5.91 Å². The number of hydrogen-bond donors (Lipinski definition) is 3.